The highest BCUT2D eigenvalue weighted by molar-refractivity contribution is 9.10. The van der Waals surface area contributed by atoms with Gasteiger partial charge in [0, 0.05) is 16.2 Å². The number of anilines is 1. The molecule has 0 bridgehead atoms. The molecule has 1 amide bonds. The minimum absolute atomic E-state index is 0.0403. The van der Waals surface area contributed by atoms with Gasteiger partial charge in [-0.3, -0.25) is 4.79 Å². The average molecular weight is 376 g/mol. The molecule has 0 radical (unpaired) electrons. The summed E-state index contributed by atoms with van der Waals surface area (Å²) in [5.41, 5.74) is -0.998. The highest BCUT2D eigenvalue weighted by Crippen LogP contribution is 2.29. The maximum atomic E-state index is 12.3. The molecule has 3 aromatic rings. The molecular weight excluding hydrogens is 366 g/mol. The van der Waals surface area contributed by atoms with Crippen molar-refractivity contribution in [2.75, 3.05) is 5.32 Å². The molecule has 0 aliphatic carbocycles. The quantitative estimate of drug-likeness (QED) is 0.597. The lowest BCUT2D eigenvalue weighted by atomic mass is 10.1. The summed E-state index contributed by atoms with van der Waals surface area (Å²) in [5.74, 6) is -1.33. The van der Waals surface area contributed by atoms with Gasteiger partial charge >= 0.3 is 5.63 Å². The van der Waals surface area contributed by atoms with E-state index in [9.17, 15) is 19.8 Å². The zero-order chi connectivity index (χ0) is 16.6. The van der Waals surface area contributed by atoms with Gasteiger partial charge in [-0.25, -0.2) is 4.79 Å². The number of rotatable bonds is 2. The van der Waals surface area contributed by atoms with Crippen LogP contribution in [0.25, 0.3) is 11.0 Å². The normalized spacial score (nSPS) is 10.7. The Morgan fingerprint density at radius 2 is 1.91 bits per heavy atom. The Kier molecular flexibility index (Phi) is 3.79. The monoisotopic (exact) mass is 375 g/mol. The SMILES string of the molecule is O=C(Nc1cccc(O)c1)c1c(O)c2cc(Br)ccc2oc1=O. The zero-order valence-corrected chi connectivity index (χ0v) is 13.1. The van der Waals surface area contributed by atoms with Crippen molar-refractivity contribution >= 4 is 38.5 Å². The maximum absolute atomic E-state index is 12.3. The Labute approximate surface area is 138 Å². The van der Waals surface area contributed by atoms with Gasteiger partial charge in [-0.15, -0.1) is 0 Å². The molecule has 23 heavy (non-hydrogen) atoms. The molecule has 0 aliphatic rings. The lowest BCUT2D eigenvalue weighted by Gasteiger charge is -2.08. The van der Waals surface area contributed by atoms with E-state index in [-0.39, 0.29) is 22.4 Å². The summed E-state index contributed by atoms with van der Waals surface area (Å²) in [6, 6.07) is 10.5. The van der Waals surface area contributed by atoms with Crippen LogP contribution in [0.4, 0.5) is 5.69 Å². The van der Waals surface area contributed by atoms with Crippen molar-refractivity contribution in [2.24, 2.45) is 0 Å². The molecule has 1 aromatic heterocycles. The third-order valence-electron chi connectivity index (χ3n) is 3.17. The van der Waals surface area contributed by atoms with Gasteiger partial charge in [0.05, 0.1) is 5.39 Å². The molecule has 116 valence electrons. The number of benzene rings is 2. The predicted octanol–water partition coefficient (Wildman–Crippen LogP) is 3.22. The molecule has 0 atom stereocenters. The number of carbonyl (C=O) groups excluding carboxylic acids is 1. The summed E-state index contributed by atoms with van der Waals surface area (Å²) in [6.45, 7) is 0. The topological polar surface area (TPSA) is 99.8 Å². The number of halogens is 1. The van der Waals surface area contributed by atoms with E-state index >= 15 is 0 Å². The second-order valence-electron chi connectivity index (χ2n) is 4.76. The highest BCUT2D eigenvalue weighted by atomic mass is 79.9. The minimum atomic E-state index is -0.949. The van der Waals surface area contributed by atoms with Gasteiger partial charge in [-0.1, -0.05) is 22.0 Å². The first-order valence-electron chi connectivity index (χ1n) is 6.51. The number of phenolic OH excluding ortho intramolecular Hbond substituents is 1. The maximum Gasteiger partial charge on any atom is 0.353 e. The van der Waals surface area contributed by atoms with Crippen molar-refractivity contribution in [1.82, 2.24) is 0 Å². The summed E-state index contributed by atoms with van der Waals surface area (Å²) < 4.78 is 5.73. The Morgan fingerprint density at radius 3 is 2.65 bits per heavy atom. The first-order chi connectivity index (χ1) is 11.0. The number of hydrogen-bond donors (Lipinski definition) is 3. The van der Waals surface area contributed by atoms with Gasteiger partial charge in [0.2, 0.25) is 0 Å². The van der Waals surface area contributed by atoms with E-state index in [2.05, 4.69) is 21.2 Å². The zero-order valence-electron chi connectivity index (χ0n) is 11.5. The van der Waals surface area contributed by atoms with Crippen molar-refractivity contribution < 1.29 is 19.4 Å². The van der Waals surface area contributed by atoms with Crippen LogP contribution in [-0.2, 0) is 0 Å². The van der Waals surface area contributed by atoms with Crippen molar-refractivity contribution in [3.8, 4) is 11.5 Å². The Hall–Kier alpha value is -2.80. The van der Waals surface area contributed by atoms with E-state index in [0.29, 0.717) is 4.47 Å². The van der Waals surface area contributed by atoms with Crippen LogP contribution < -0.4 is 10.9 Å². The summed E-state index contributed by atoms with van der Waals surface area (Å²) in [4.78, 5) is 24.3. The molecule has 1 heterocycles. The van der Waals surface area contributed by atoms with E-state index in [1.165, 1.54) is 30.3 Å². The van der Waals surface area contributed by atoms with Crippen molar-refractivity contribution in [1.29, 1.82) is 0 Å². The average Bonchev–Trinajstić information content (AvgIpc) is 2.48. The van der Waals surface area contributed by atoms with Crippen LogP contribution in [0.3, 0.4) is 0 Å². The smallest absolute Gasteiger partial charge is 0.353 e. The van der Waals surface area contributed by atoms with E-state index in [1.54, 1.807) is 12.1 Å². The first kappa shape index (κ1) is 15.1. The van der Waals surface area contributed by atoms with Gasteiger partial charge in [0.15, 0.2) is 5.56 Å². The summed E-state index contributed by atoms with van der Waals surface area (Å²) >= 11 is 3.25. The predicted molar refractivity (Wildman–Crippen MR) is 87.9 cm³/mol. The van der Waals surface area contributed by atoms with Gasteiger partial charge in [-0.2, -0.15) is 0 Å². The number of aromatic hydroxyl groups is 2. The molecule has 0 fully saturated rings. The lowest BCUT2D eigenvalue weighted by Crippen LogP contribution is -2.21. The molecule has 6 nitrogen and oxygen atoms in total. The lowest BCUT2D eigenvalue weighted by molar-refractivity contribution is 0.102. The van der Waals surface area contributed by atoms with Crippen molar-refractivity contribution in [3.63, 3.8) is 0 Å². The van der Waals surface area contributed by atoms with Crippen LogP contribution >= 0.6 is 15.9 Å². The third kappa shape index (κ3) is 2.91. The standard InChI is InChI=1S/C16H10BrNO5/c17-8-4-5-12-11(6-8)14(20)13(16(22)23-12)15(21)18-9-2-1-3-10(19)7-9/h1-7,19-20H,(H,18,21). The number of nitrogens with one attached hydrogen (secondary N) is 1. The van der Waals surface area contributed by atoms with Crippen LogP contribution in [0.2, 0.25) is 0 Å². The van der Waals surface area contributed by atoms with Gasteiger partial charge in [0.25, 0.3) is 5.91 Å². The Balaban J connectivity index is 2.08. The number of hydrogen-bond acceptors (Lipinski definition) is 5. The molecule has 2 aromatic carbocycles. The van der Waals surface area contributed by atoms with Gasteiger partial charge in [-0.05, 0) is 30.3 Å². The van der Waals surface area contributed by atoms with Crippen molar-refractivity contribution in [3.05, 3.63) is 62.9 Å². The van der Waals surface area contributed by atoms with E-state index in [0.717, 1.165) is 0 Å². The second kappa shape index (κ2) is 5.77. The molecular formula is C16H10BrNO5. The van der Waals surface area contributed by atoms with Gasteiger partial charge in [0.1, 0.15) is 17.1 Å². The first-order valence-corrected chi connectivity index (χ1v) is 7.31. The molecule has 0 unspecified atom stereocenters. The van der Waals surface area contributed by atoms with Crippen LogP contribution in [-0.4, -0.2) is 16.1 Å². The van der Waals surface area contributed by atoms with E-state index < -0.39 is 22.8 Å². The number of phenols is 1. The number of amides is 1. The molecule has 3 rings (SSSR count). The summed E-state index contributed by atoms with van der Waals surface area (Å²) in [6.07, 6.45) is 0. The Morgan fingerprint density at radius 1 is 1.13 bits per heavy atom. The fraction of sp³-hybridized carbons (Fsp3) is 0. The van der Waals surface area contributed by atoms with Crippen LogP contribution in [0.5, 0.6) is 11.5 Å². The van der Waals surface area contributed by atoms with Crippen LogP contribution in [0, 0.1) is 0 Å². The second-order valence-corrected chi connectivity index (χ2v) is 5.67. The largest absolute Gasteiger partial charge is 0.508 e. The third-order valence-corrected chi connectivity index (χ3v) is 3.66. The molecule has 0 saturated carbocycles. The fourth-order valence-corrected chi connectivity index (χ4v) is 2.50. The summed E-state index contributed by atoms with van der Waals surface area (Å²) in [5, 5.41) is 22.3. The molecule has 3 N–H and O–H groups in total. The molecule has 0 aliphatic heterocycles. The number of carbonyl (C=O) groups is 1. The summed E-state index contributed by atoms with van der Waals surface area (Å²) in [7, 11) is 0. The molecule has 0 saturated heterocycles. The minimum Gasteiger partial charge on any atom is -0.508 e. The number of fused-ring (bicyclic) bond motifs is 1. The van der Waals surface area contributed by atoms with Crippen LogP contribution in [0.15, 0.2) is 56.1 Å². The molecule has 7 heteroatoms. The fourth-order valence-electron chi connectivity index (χ4n) is 2.14. The van der Waals surface area contributed by atoms with Crippen LogP contribution in [0.1, 0.15) is 10.4 Å². The highest BCUT2D eigenvalue weighted by Gasteiger charge is 2.21. The van der Waals surface area contributed by atoms with Gasteiger partial charge < -0.3 is 19.9 Å². The Bertz CT molecular complexity index is 980. The van der Waals surface area contributed by atoms with E-state index in [1.807, 2.05) is 0 Å². The van der Waals surface area contributed by atoms with Crippen molar-refractivity contribution in [2.45, 2.75) is 0 Å². The van der Waals surface area contributed by atoms with E-state index in [4.69, 9.17) is 4.42 Å². The molecule has 0 spiro atoms.